The van der Waals surface area contributed by atoms with Gasteiger partial charge in [-0.25, -0.2) is 0 Å². The molecule has 0 aliphatic heterocycles. The van der Waals surface area contributed by atoms with Gasteiger partial charge in [0, 0.05) is 38.1 Å². The highest BCUT2D eigenvalue weighted by atomic mass is 127. The van der Waals surface area contributed by atoms with E-state index in [0.29, 0.717) is 0 Å². The van der Waals surface area contributed by atoms with Crippen LogP contribution in [-0.4, -0.2) is 45.2 Å². The number of nitrogens with zero attached hydrogens (tertiary/aromatic N) is 5. The Morgan fingerprint density at radius 3 is 2.60 bits per heavy atom. The van der Waals surface area contributed by atoms with Crippen molar-refractivity contribution in [1.82, 2.24) is 30.2 Å². The summed E-state index contributed by atoms with van der Waals surface area (Å²) in [4.78, 5) is 4.63. The standard InChI is InChI=1S/C17H29N7.HI/c1-5-18-17(20-8-10-23-13-14(2)12-21-23)19-7-6-9-24-16(4)11-15(3)22-24;/h11-13H,5-10H2,1-4H3,(H2,18,19,20);1H. The molecule has 25 heavy (non-hydrogen) atoms. The Morgan fingerprint density at radius 1 is 1.20 bits per heavy atom. The lowest BCUT2D eigenvalue weighted by atomic mass is 10.4. The highest BCUT2D eigenvalue weighted by molar-refractivity contribution is 14.0. The van der Waals surface area contributed by atoms with Gasteiger partial charge in [0.15, 0.2) is 5.96 Å². The van der Waals surface area contributed by atoms with Gasteiger partial charge in [-0.3, -0.25) is 14.4 Å². The minimum atomic E-state index is 0. The molecule has 8 heteroatoms. The monoisotopic (exact) mass is 459 g/mol. The Kier molecular flexibility index (Phi) is 9.54. The molecule has 0 amide bonds. The highest BCUT2D eigenvalue weighted by Crippen LogP contribution is 2.02. The average molecular weight is 459 g/mol. The van der Waals surface area contributed by atoms with E-state index in [9.17, 15) is 0 Å². The second-order valence-corrected chi connectivity index (χ2v) is 5.97. The SMILES string of the molecule is CCNC(=NCCCn1nc(C)cc1C)NCCn1cc(C)cn1.I. The summed E-state index contributed by atoms with van der Waals surface area (Å²) in [5.74, 6) is 0.856. The topological polar surface area (TPSA) is 72.1 Å². The van der Waals surface area contributed by atoms with E-state index in [-0.39, 0.29) is 24.0 Å². The molecule has 0 saturated carbocycles. The number of hydrogen-bond donors (Lipinski definition) is 2. The van der Waals surface area contributed by atoms with Crippen molar-refractivity contribution in [3.63, 3.8) is 0 Å². The van der Waals surface area contributed by atoms with Crippen molar-refractivity contribution in [2.24, 2.45) is 4.99 Å². The van der Waals surface area contributed by atoms with Crippen LogP contribution in [0.25, 0.3) is 0 Å². The number of aromatic nitrogens is 4. The number of guanidine groups is 1. The maximum atomic E-state index is 4.63. The molecule has 2 N–H and O–H groups in total. The third-order valence-electron chi connectivity index (χ3n) is 3.64. The van der Waals surface area contributed by atoms with Gasteiger partial charge in [0.1, 0.15) is 0 Å². The largest absolute Gasteiger partial charge is 0.357 e. The summed E-state index contributed by atoms with van der Waals surface area (Å²) >= 11 is 0. The zero-order chi connectivity index (χ0) is 17.4. The Hall–Kier alpha value is -1.58. The molecule has 0 atom stereocenters. The van der Waals surface area contributed by atoms with E-state index in [0.717, 1.165) is 50.8 Å². The first-order valence-electron chi connectivity index (χ1n) is 8.60. The van der Waals surface area contributed by atoms with Crippen molar-refractivity contribution in [2.45, 2.75) is 47.2 Å². The molecule has 0 aliphatic carbocycles. The molecule has 0 radical (unpaired) electrons. The first-order valence-corrected chi connectivity index (χ1v) is 8.60. The first kappa shape index (κ1) is 21.5. The second-order valence-electron chi connectivity index (χ2n) is 5.97. The van der Waals surface area contributed by atoms with E-state index < -0.39 is 0 Å². The molecule has 0 saturated heterocycles. The summed E-state index contributed by atoms with van der Waals surface area (Å²) in [6, 6.07) is 2.10. The fraction of sp³-hybridized carbons (Fsp3) is 0.588. The van der Waals surface area contributed by atoms with Crippen LogP contribution in [0, 0.1) is 20.8 Å². The van der Waals surface area contributed by atoms with Crippen molar-refractivity contribution in [2.75, 3.05) is 19.6 Å². The second kappa shape index (κ2) is 11.1. The van der Waals surface area contributed by atoms with Crippen molar-refractivity contribution < 1.29 is 0 Å². The van der Waals surface area contributed by atoms with Crippen molar-refractivity contribution in [3.8, 4) is 0 Å². The maximum absolute atomic E-state index is 4.63. The summed E-state index contributed by atoms with van der Waals surface area (Å²) in [6.07, 6.45) is 4.88. The molecule has 0 fully saturated rings. The number of aliphatic imine (C=N–C) groups is 1. The average Bonchev–Trinajstić information content (AvgIpc) is 3.08. The quantitative estimate of drug-likeness (QED) is 0.275. The predicted octanol–water partition coefficient (Wildman–Crippen LogP) is 2.27. The van der Waals surface area contributed by atoms with Gasteiger partial charge in [0.05, 0.1) is 18.4 Å². The van der Waals surface area contributed by atoms with Gasteiger partial charge in [-0.05, 0) is 45.7 Å². The van der Waals surface area contributed by atoms with Gasteiger partial charge in [-0.2, -0.15) is 10.2 Å². The smallest absolute Gasteiger partial charge is 0.191 e. The van der Waals surface area contributed by atoms with Crippen molar-refractivity contribution in [3.05, 3.63) is 35.4 Å². The Labute approximate surface area is 167 Å². The van der Waals surface area contributed by atoms with Crippen LogP contribution in [0.5, 0.6) is 0 Å². The molecular weight excluding hydrogens is 429 g/mol. The van der Waals surface area contributed by atoms with Gasteiger partial charge in [0.25, 0.3) is 0 Å². The van der Waals surface area contributed by atoms with Gasteiger partial charge >= 0.3 is 0 Å². The maximum Gasteiger partial charge on any atom is 0.191 e. The molecule has 2 rings (SSSR count). The molecule has 2 aromatic heterocycles. The molecular formula is C17H30IN7. The Bertz CT molecular complexity index is 660. The van der Waals surface area contributed by atoms with Crippen LogP contribution in [0.1, 0.15) is 30.3 Å². The number of aryl methyl sites for hydroxylation is 4. The van der Waals surface area contributed by atoms with Crippen molar-refractivity contribution in [1.29, 1.82) is 0 Å². The molecule has 140 valence electrons. The molecule has 0 spiro atoms. The summed E-state index contributed by atoms with van der Waals surface area (Å²) in [5.41, 5.74) is 3.45. The lowest BCUT2D eigenvalue weighted by Gasteiger charge is -2.11. The molecule has 0 aromatic carbocycles. The lowest BCUT2D eigenvalue weighted by molar-refractivity contribution is 0.565. The number of rotatable bonds is 8. The molecule has 2 heterocycles. The third-order valence-corrected chi connectivity index (χ3v) is 3.64. The van der Waals surface area contributed by atoms with Crippen LogP contribution < -0.4 is 10.6 Å². The first-order chi connectivity index (χ1) is 11.6. The van der Waals surface area contributed by atoms with Gasteiger partial charge < -0.3 is 10.6 Å². The zero-order valence-electron chi connectivity index (χ0n) is 15.6. The predicted molar refractivity (Wildman–Crippen MR) is 113 cm³/mol. The number of halogens is 1. The van der Waals surface area contributed by atoms with E-state index in [1.807, 2.05) is 35.6 Å². The van der Waals surface area contributed by atoms with Crippen LogP contribution in [-0.2, 0) is 13.1 Å². The van der Waals surface area contributed by atoms with E-state index in [1.54, 1.807) is 0 Å². The van der Waals surface area contributed by atoms with Crippen LogP contribution >= 0.6 is 24.0 Å². The molecule has 2 aromatic rings. The van der Waals surface area contributed by atoms with Crippen LogP contribution in [0.4, 0.5) is 0 Å². The highest BCUT2D eigenvalue weighted by Gasteiger charge is 2.01. The normalized spacial score (nSPS) is 11.3. The van der Waals surface area contributed by atoms with Crippen LogP contribution in [0.3, 0.4) is 0 Å². The molecule has 0 unspecified atom stereocenters. The fourth-order valence-electron chi connectivity index (χ4n) is 2.53. The van der Waals surface area contributed by atoms with Gasteiger partial charge in [0.2, 0.25) is 0 Å². The summed E-state index contributed by atoms with van der Waals surface area (Å²) in [6.45, 7) is 12.4. The third kappa shape index (κ3) is 7.45. The van der Waals surface area contributed by atoms with Crippen molar-refractivity contribution >= 4 is 29.9 Å². The molecule has 7 nitrogen and oxygen atoms in total. The van der Waals surface area contributed by atoms with E-state index >= 15 is 0 Å². The summed E-state index contributed by atoms with van der Waals surface area (Å²) < 4.78 is 3.99. The Morgan fingerprint density at radius 2 is 2.00 bits per heavy atom. The minimum Gasteiger partial charge on any atom is -0.357 e. The molecule has 0 bridgehead atoms. The zero-order valence-corrected chi connectivity index (χ0v) is 17.9. The van der Waals surface area contributed by atoms with Crippen LogP contribution in [0.15, 0.2) is 23.5 Å². The number of nitrogens with one attached hydrogen (secondary N) is 2. The number of hydrogen-bond acceptors (Lipinski definition) is 3. The fourth-order valence-corrected chi connectivity index (χ4v) is 2.53. The summed E-state index contributed by atoms with van der Waals surface area (Å²) in [5, 5.41) is 15.4. The Balaban J connectivity index is 0.00000312. The molecule has 0 aliphatic rings. The lowest BCUT2D eigenvalue weighted by Crippen LogP contribution is -2.39. The van der Waals surface area contributed by atoms with Crippen LogP contribution in [0.2, 0.25) is 0 Å². The van der Waals surface area contributed by atoms with Gasteiger partial charge in [-0.1, -0.05) is 0 Å². The minimum absolute atomic E-state index is 0. The van der Waals surface area contributed by atoms with E-state index in [2.05, 4.69) is 45.7 Å². The van der Waals surface area contributed by atoms with E-state index in [1.165, 1.54) is 11.3 Å². The van der Waals surface area contributed by atoms with E-state index in [4.69, 9.17) is 0 Å². The van der Waals surface area contributed by atoms with Gasteiger partial charge in [-0.15, -0.1) is 24.0 Å². The summed E-state index contributed by atoms with van der Waals surface area (Å²) in [7, 11) is 0.